The molecule has 112 valence electrons. The fourth-order valence-electron chi connectivity index (χ4n) is 2.77. The number of nitrogens with one attached hydrogen (secondary N) is 1. The predicted molar refractivity (Wildman–Crippen MR) is 85.5 cm³/mol. The van der Waals surface area contributed by atoms with Crippen LogP contribution in [0.4, 0.5) is 0 Å². The van der Waals surface area contributed by atoms with Crippen molar-refractivity contribution in [1.82, 2.24) is 5.32 Å². The average Bonchev–Trinajstić information content (AvgIpc) is 2.49. The molecule has 1 saturated heterocycles. The molecule has 0 aliphatic carbocycles. The molecule has 0 spiro atoms. The van der Waals surface area contributed by atoms with Crippen molar-refractivity contribution in [2.45, 2.75) is 51.0 Å². The summed E-state index contributed by atoms with van der Waals surface area (Å²) < 4.78 is 5.72. The van der Waals surface area contributed by atoms with Crippen LogP contribution in [-0.4, -0.2) is 25.8 Å². The lowest BCUT2D eigenvalue weighted by Crippen LogP contribution is -2.33. The maximum Gasteiger partial charge on any atom is 0.0469 e. The van der Waals surface area contributed by atoms with E-state index in [9.17, 15) is 0 Å². The molecule has 2 rings (SSSR count). The summed E-state index contributed by atoms with van der Waals surface area (Å²) in [7, 11) is 0. The Morgan fingerprint density at radius 2 is 2.00 bits per heavy atom. The second-order valence-electron chi connectivity index (χ2n) is 5.60. The lowest BCUT2D eigenvalue weighted by atomic mass is 10.0. The van der Waals surface area contributed by atoms with Gasteiger partial charge in [0.15, 0.2) is 0 Å². The van der Waals surface area contributed by atoms with Gasteiger partial charge in [0.25, 0.3) is 0 Å². The molecule has 1 aliphatic heterocycles. The number of ether oxygens (including phenoxy) is 1. The Balaban J connectivity index is 1.46. The van der Waals surface area contributed by atoms with Crippen molar-refractivity contribution in [3.8, 4) is 0 Å². The van der Waals surface area contributed by atoms with E-state index in [1.165, 1.54) is 44.2 Å². The van der Waals surface area contributed by atoms with Crippen LogP contribution in [0.5, 0.6) is 0 Å². The summed E-state index contributed by atoms with van der Waals surface area (Å²) in [6.07, 6.45) is 8.54. The quantitative estimate of drug-likeness (QED) is 0.725. The van der Waals surface area contributed by atoms with Crippen molar-refractivity contribution >= 4 is 11.6 Å². The zero-order valence-electron chi connectivity index (χ0n) is 12.2. The van der Waals surface area contributed by atoms with Crippen molar-refractivity contribution in [3.05, 3.63) is 34.9 Å². The summed E-state index contributed by atoms with van der Waals surface area (Å²) in [5.41, 5.74) is 1.23. The Bertz CT molecular complexity index is 377. The number of hydrogen-bond donors (Lipinski definition) is 1. The molecule has 0 bridgehead atoms. The van der Waals surface area contributed by atoms with Crippen LogP contribution in [-0.2, 0) is 11.2 Å². The first kappa shape index (κ1) is 15.8. The third-order valence-electron chi connectivity index (χ3n) is 3.95. The fourth-order valence-corrected chi connectivity index (χ4v) is 3.00. The van der Waals surface area contributed by atoms with Gasteiger partial charge >= 0.3 is 0 Å². The number of benzene rings is 1. The van der Waals surface area contributed by atoms with Crippen molar-refractivity contribution in [2.24, 2.45) is 0 Å². The molecule has 0 amide bonds. The summed E-state index contributed by atoms with van der Waals surface area (Å²) in [6, 6.07) is 8.79. The van der Waals surface area contributed by atoms with E-state index in [2.05, 4.69) is 11.4 Å². The van der Waals surface area contributed by atoms with Crippen LogP contribution >= 0.6 is 11.6 Å². The molecule has 1 aromatic carbocycles. The van der Waals surface area contributed by atoms with Gasteiger partial charge in [-0.2, -0.15) is 0 Å². The third kappa shape index (κ3) is 5.82. The van der Waals surface area contributed by atoms with Crippen molar-refractivity contribution < 1.29 is 4.74 Å². The van der Waals surface area contributed by atoms with Gasteiger partial charge in [-0.1, -0.05) is 36.2 Å². The normalized spacial score (nSPS) is 19.1. The maximum atomic E-state index is 6.13. The van der Waals surface area contributed by atoms with Gasteiger partial charge in [0.2, 0.25) is 0 Å². The molecule has 1 fully saturated rings. The van der Waals surface area contributed by atoms with Gasteiger partial charge in [-0.25, -0.2) is 0 Å². The van der Waals surface area contributed by atoms with Gasteiger partial charge in [0, 0.05) is 24.3 Å². The number of rotatable bonds is 8. The minimum absolute atomic E-state index is 0.732. The van der Waals surface area contributed by atoms with Crippen LogP contribution in [0, 0.1) is 0 Å². The van der Waals surface area contributed by atoms with Crippen LogP contribution in [0.3, 0.4) is 0 Å². The van der Waals surface area contributed by atoms with E-state index in [4.69, 9.17) is 16.3 Å². The molecule has 0 radical (unpaired) electrons. The average molecular weight is 296 g/mol. The smallest absolute Gasteiger partial charge is 0.0469 e. The first-order valence-electron chi connectivity index (χ1n) is 7.91. The molecule has 1 atom stereocenters. The summed E-state index contributed by atoms with van der Waals surface area (Å²) in [5, 5.41) is 4.45. The molecule has 1 N–H and O–H groups in total. The Hall–Kier alpha value is -0.570. The monoisotopic (exact) mass is 295 g/mol. The Kier molecular flexibility index (Phi) is 7.42. The van der Waals surface area contributed by atoms with E-state index in [1.807, 2.05) is 18.2 Å². The standard InChI is InChI=1S/C17H26ClNO/c18-17-11-2-1-7-15(17)8-5-13-20-14-6-10-16-9-3-4-12-19-16/h1-2,7,11,16,19H,3-6,8-10,12-14H2. The Morgan fingerprint density at radius 1 is 1.15 bits per heavy atom. The Morgan fingerprint density at radius 3 is 2.80 bits per heavy atom. The highest BCUT2D eigenvalue weighted by atomic mass is 35.5. The topological polar surface area (TPSA) is 21.3 Å². The molecule has 2 nitrogen and oxygen atoms in total. The van der Waals surface area contributed by atoms with Crippen LogP contribution in [0.15, 0.2) is 24.3 Å². The van der Waals surface area contributed by atoms with Crippen LogP contribution in [0.2, 0.25) is 5.02 Å². The molecule has 0 aromatic heterocycles. The third-order valence-corrected chi connectivity index (χ3v) is 4.31. The highest BCUT2D eigenvalue weighted by Crippen LogP contribution is 2.16. The zero-order chi connectivity index (χ0) is 14.0. The van der Waals surface area contributed by atoms with E-state index < -0.39 is 0 Å². The lowest BCUT2D eigenvalue weighted by Gasteiger charge is -2.23. The first-order chi connectivity index (χ1) is 9.86. The minimum Gasteiger partial charge on any atom is -0.381 e. The maximum absolute atomic E-state index is 6.13. The first-order valence-corrected chi connectivity index (χ1v) is 8.28. The van der Waals surface area contributed by atoms with Crippen LogP contribution in [0.1, 0.15) is 44.1 Å². The van der Waals surface area contributed by atoms with Crippen molar-refractivity contribution in [3.63, 3.8) is 0 Å². The SMILES string of the molecule is Clc1ccccc1CCCOCCCC1CCCCN1. The molecule has 3 heteroatoms. The summed E-state index contributed by atoms with van der Waals surface area (Å²) in [6.45, 7) is 2.92. The van der Waals surface area contributed by atoms with Gasteiger partial charge in [-0.15, -0.1) is 0 Å². The minimum atomic E-state index is 0.732. The second-order valence-corrected chi connectivity index (χ2v) is 6.00. The van der Waals surface area contributed by atoms with E-state index in [1.54, 1.807) is 0 Å². The van der Waals surface area contributed by atoms with Crippen molar-refractivity contribution in [2.75, 3.05) is 19.8 Å². The molecule has 1 unspecified atom stereocenters. The number of hydrogen-bond acceptors (Lipinski definition) is 2. The number of halogens is 1. The van der Waals surface area contributed by atoms with Crippen LogP contribution < -0.4 is 5.32 Å². The molecule has 1 aliphatic rings. The summed E-state index contributed by atoms with van der Waals surface area (Å²) in [4.78, 5) is 0. The van der Waals surface area contributed by atoms with Gasteiger partial charge in [0.1, 0.15) is 0 Å². The zero-order valence-corrected chi connectivity index (χ0v) is 13.0. The summed E-state index contributed by atoms with van der Waals surface area (Å²) >= 11 is 6.13. The van der Waals surface area contributed by atoms with E-state index in [0.29, 0.717) is 0 Å². The molecule has 0 saturated carbocycles. The molecular weight excluding hydrogens is 270 g/mol. The fraction of sp³-hybridized carbons (Fsp3) is 0.647. The second kappa shape index (κ2) is 9.38. The molecule has 20 heavy (non-hydrogen) atoms. The van der Waals surface area contributed by atoms with Gasteiger partial charge in [0.05, 0.1) is 0 Å². The van der Waals surface area contributed by atoms with Gasteiger partial charge in [-0.3, -0.25) is 0 Å². The van der Waals surface area contributed by atoms with Gasteiger partial charge < -0.3 is 10.1 Å². The predicted octanol–water partition coefficient (Wildman–Crippen LogP) is 4.21. The van der Waals surface area contributed by atoms with E-state index in [-0.39, 0.29) is 0 Å². The molecule has 1 heterocycles. The van der Waals surface area contributed by atoms with Crippen LogP contribution in [0.25, 0.3) is 0 Å². The molecular formula is C17H26ClNO. The van der Waals surface area contributed by atoms with Crippen molar-refractivity contribution in [1.29, 1.82) is 0 Å². The largest absolute Gasteiger partial charge is 0.381 e. The lowest BCUT2D eigenvalue weighted by molar-refractivity contribution is 0.125. The van der Waals surface area contributed by atoms with E-state index in [0.717, 1.165) is 37.1 Å². The highest BCUT2D eigenvalue weighted by Gasteiger charge is 2.11. The van der Waals surface area contributed by atoms with Gasteiger partial charge in [-0.05, 0) is 56.7 Å². The Labute approximate surface area is 127 Å². The van der Waals surface area contributed by atoms with E-state index >= 15 is 0 Å². The summed E-state index contributed by atoms with van der Waals surface area (Å²) in [5.74, 6) is 0. The molecule has 1 aromatic rings. The number of piperidine rings is 1. The number of aryl methyl sites for hydroxylation is 1. The highest BCUT2D eigenvalue weighted by molar-refractivity contribution is 6.31.